The molecule has 2 fully saturated rings. The molecule has 1 aliphatic heterocycles. The maximum atomic E-state index is 5.59. The summed E-state index contributed by atoms with van der Waals surface area (Å²) in [6, 6.07) is 0.874. The minimum atomic E-state index is 0.461. The van der Waals surface area contributed by atoms with Gasteiger partial charge in [-0.25, -0.2) is 4.98 Å². The third kappa shape index (κ3) is 2.40. The molecule has 0 bridgehead atoms. The first-order valence-corrected chi connectivity index (χ1v) is 6.37. The molecule has 5 nitrogen and oxygen atoms in total. The highest BCUT2D eigenvalue weighted by atomic mass is 15.3. The van der Waals surface area contributed by atoms with Crippen LogP contribution in [0.1, 0.15) is 18.5 Å². The molecule has 0 spiro atoms. The van der Waals surface area contributed by atoms with E-state index in [1.54, 1.807) is 6.20 Å². The van der Waals surface area contributed by atoms with Gasteiger partial charge < -0.3 is 10.6 Å². The van der Waals surface area contributed by atoms with Gasteiger partial charge in [-0.15, -0.1) is 0 Å². The van der Waals surface area contributed by atoms with Crippen molar-refractivity contribution in [2.24, 2.45) is 5.73 Å². The van der Waals surface area contributed by atoms with Crippen molar-refractivity contribution in [1.29, 1.82) is 0 Å². The summed E-state index contributed by atoms with van der Waals surface area (Å²) in [7, 11) is 0. The second-order valence-corrected chi connectivity index (χ2v) is 4.83. The van der Waals surface area contributed by atoms with Crippen LogP contribution >= 0.6 is 0 Å². The van der Waals surface area contributed by atoms with Crippen LogP contribution in [0.3, 0.4) is 0 Å². The maximum Gasteiger partial charge on any atom is 0.147 e. The largest absolute Gasteiger partial charge is 0.353 e. The summed E-state index contributed by atoms with van der Waals surface area (Å²) in [6.45, 7) is 4.87. The van der Waals surface area contributed by atoms with Crippen molar-refractivity contribution in [3.63, 3.8) is 0 Å². The van der Waals surface area contributed by atoms with E-state index in [1.165, 1.54) is 12.8 Å². The fraction of sp³-hybridized carbons (Fsp3) is 0.667. The molecule has 92 valence electrons. The van der Waals surface area contributed by atoms with Gasteiger partial charge in [0.2, 0.25) is 0 Å². The number of anilines is 1. The van der Waals surface area contributed by atoms with Gasteiger partial charge in [-0.3, -0.25) is 9.88 Å². The SMILES string of the molecule is NCc1cncc(N2CCN(C3CC3)CC2)n1. The standard InChI is InChI=1S/C12H19N5/c13-7-10-8-14-9-12(15-10)17-5-3-16(4-6-17)11-1-2-11/h8-9,11H,1-7,13H2. The van der Waals surface area contributed by atoms with Crippen molar-refractivity contribution < 1.29 is 0 Å². The highest BCUT2D eigenvalue weighted by Gasteiger charge is 2.31. The van der Waals surface area contributed by atoms with E-state index in [1.807, 2.05) is 6.20 Å². The van der Waals surface area contributed by atoms with Gasteiger partial charge in [0.25, 0.3) is 0 Å². The molecule has 3 rings (SSSR count). The Bertz CT molecular complexity index is 382. The minimum Gasteiger partial charge on any atom is -0.353 e. The van der Waals surface area contributed by atoms with Gasteiger partial charge in [-0.1, -0.05) is 0 Å². The average Bonchev–Trinajstić information content (AvgIpc) is 3.23. The molecule has 1 aliphatic carbocycles. The first-order valence-electron chi connectivity index (χ1n) is 6.37. The molecule has 0 atom stereocenters. The summed E-state index contributed by atoms with van der Waals surface area (Å²) >= 11 is 0. The van der Waals surface area contributed by atoms with E-state index in [4.69, 9.17) is 5.73 Å². The summed E-state index contributed by atoms with van der Waals surface area (Å²) < 4.78 is 0. The highest BCUT2D eigenvalue weighted by molar-refractivity contribution is 5.37. The van der Waals surface area contributed by atoms with Gasteiger partial charge >= 0.3 is 0 Å². The molecule has 2 aliphatic rings. The van der Waals surface area contributed by atoms with Gasteiger partial charge in [-0.05, 0) is 12.8 Å². The molecule has 17 heavy (non-hydrogen) atoms. The zero-order valence-electron chi connectivity index (χ0n) is 10.0. The van der Waals surface area contributed by atoms with Crippen molar-refractivity contribution in [2.75, 3.05) is 31.1 Å². The predicted octanol–water partition coefficient (Wildman–Crippen LogP) is 0.220. The molecule has 2 heterocycles. The molecule has 1 aromatic heterocycles. The quantitative estimate of drug-likeness (QED) is 0.809. The second-order valence-electron chi connectivity index (χ2n) is 4.83. The summed E-state index contributed by atoms with van der Waals surface area (Å²) in [5.74, 6) is 0.975. The number of hydrogen-bond acceptors (Lipinski definition) is 5. The number of rotatable bonds is 3. The van der Waals surface area contributed by atoms with Crippen molar-refractivity contribution in [3.05, 3.63) is 18.1 Å². The smallest absolute Gasteiger partial charge is 0.147 e. The fourth-order valence-corrected chi connectivity index (χ4v) is 2.40. The van der Waals surface area contributed by atoms with Gasteiger partial charge in [0.05, 0.1) is 11.9 Å². The monoisotopic (exact) mass is 233 g/mol. The van der Waals surface area contributed by atoms with Crippen LogP contribution in [-0.2, 0) is 6.54 Å². The molecule has 5 heteroatoms. The van der Waals surface area contributed by atoms with E-state index in [2.05, 4.69) is 19.8 Å². The Kier molecular flexibility index (Phi) is 2.94. The topological polar surface area (TPSA) is 58.3 Å². The Hall–Kier alpha value is -1.20. The Labute approximate surface area is 102 Å². The van der Waals surface area contributed by atoms with Crippen LogP contribution in [-0.4, -0.2) is 47.1 Å². The number of hydrogen-bond donors (Lipinski definition) is 1. The van der Waals surface area contributed by atoms with Crippen LogP contribution in [0.15, 0.2) is 12.4 Å². The lowest BCUT2D eigenvalue weighted by atomic mass is 10.3. The van der Waals surface area contributed by atoms with Gasteiger partial charge in [-0.2, -0.15) is 0 Å². The Morgan fingerprint density at radius 2 is 1.94 bits per heavy atom. The summed E-state index contributed by atoms with van der Waals surface area (Å²) in [5, 5.41) is 0. The summed E-state index contributed by atoms with van der Waals surface area (Å²) in [6.07, 6.45) is 6.36. The zero-order chi connectivity index (χ0) is 11.7. The first kappa shape index (κ1) is 10.9. The van der Waals surface area contributed by atoms with Crippen LogP contribution in [0.25, 0.3) is 0 Å². The summed E-state index contributed by atoms with van der Waals surface area (Å²) in [5.41, 5.74) is 6.46. The normalized spacial score (nSPS) is 21.8. The third-order valence-electron chi connectivity index (χ3n) is 3.58. The van der Waals surface area contributed by atoms with E-state index >= 15 is 0 Å². The van der Waals surface area contributed by atoms with Crippen LogP contribution in [0.4, 0.5) is 5.82 Å². The van der Waals surface area contributed by atoms with Crippen LogP contribution < -0.4 is 10.6 Å². The summed E-state index contributed by atoms with van der Waals surface area (Å²) in [4.78, 5) is 13.6. The Morgan fingerprint density at radius 1 is 1.18 bits per heavy atom. The molecular formula is C12H19N5. The number of nitrogens with two attached hydrogens (primary N) is 1. The van der Waals surface area contributed by atoms with Crippen molar-refractivity contribution >= 4 is 5.82 Å². The van der Waals surface area contributed by atoms with Gasteiger partial charge in [0, 0.05) is 45.0 Å². The maximum absolute atomic E-state index is 5.59. The number of piperazine rings is 1. The molecule has 0 radical (unpaired) electrons. The number of nitrogens with zero attached hydrogens (tertiary/aromatic N) is 4. The van der Waals surface area contributed by atoms with Gasteiger partial charge in [0.1, 0.15) is 5.82 Å². The molecule has 1 saturated heterocycles. The lowest BCUT2D eigenvalue weighted by Gasteiger charge is -2.35. The Balaban J connectivity index is 1.64. The van der Waals surface area contributed by atoms with Crippen LogP contribution in [0.2, 0.25) is 0 Å². The second kappa shape index (κ2) is 4.58. The predicted molar refractivity (Wildman–Crippen MR) is 66.7 cm³/mol. The van der Waals surface area contributed by atoms with Crippen molar-refractivity contribution in [3.8, 4) is 0 Å². The fourth-order valence-electron chi connectivity index (χ4n) is 2.40. The molecule has 2 N–H and O–H groups in total. The van der Waals surface area contributed by atoms with E-state index in [0.717, 1.165) is 43.7 Å². The van der Waals surface area contributed by atoms with Crippen molar-refractivity contribution in [2.45, 2.75) is 25.4 Å². The van der Waals surface area contributed by atoms with E-state index in [9.17, 15) is 0 Å². The molecule has 1 aromatic rings. The third-order valence-corrected chi connectivity index (χ3v) is 3.58. The molecular weight excluding hydrogens is 214 g/mol. The van der Waals surface area contributed by atoms with Crippen molar-refractivity contribution in [1.82, 2.24) is 14.9 Å². The zero-order valence-corrected chi connectivity index (χ0v) is 10.0. The average molecular weight is 233 g/mol. The van der Waals surface area contributed by atoms with Crippen LogP contribution in [0, 0.1) is 0 Å². The van der Waals surface area contributed by atoms with E-state index < -0.39 is 0 Å². The van der Waals surface area contributed by atoms with E-state index in [0.29, 0.717) is 6.54 Å². The molecule has 1 saturated carbocycles. The van der Waals surface area contributed by atoms with E-state index in [-0.39, 0.29) is 0 Å². The lowest BCUT2D eigenvalue weighted by molar-refractivity contribution is 0.247. The van der Waals surface area contributed by atoms with Gasteiger partial charge in [0.15, 0.2) is 0 Å². The molecule has 0 unspecified atom stereocenters. The molecule has 0 aromatic carbocycles. The first-order chi connectivity index (χ1) is 8.36. The Morgan fingerprint density at radius 3 is 2.59 bits per heavy atom. The van der Waals surface area contributed by atoms with Crippen LogP contribution in [0.5, 0.6) is 0 Å². The molecule has 0 amide bonds. The number of aromatic nitrogens is 2. The highest BCUT2D eigenvalue weighted by Crippen LogP contribution is 2.28. The lowest BCUT2D eigenvalue weighted by Crippen LogP contribution is -2.47. The minimum absolute atomic E-state index is 0.461.